The minimum Gasteiger partial charge on any atom is -0.341 e. The van der Waals surface area contributed by atoms with Gasteiger partial charge in [0.15, 0.2) is 0 Å². The third kappa shape index (κ3) is 5.15. The molecule has 36 heavy (non-hydrogen) atoms. The summed E-state index contributed by atoms with van der Waals surface area (Å²) in [6.45, 7) is 7.52. The van der Waals surface area contributed by atoms with Crippen LogP contribution in [0.4, 0.5) is 10.1 Å². The molecule has 0 unspecified atom stereocenters. The van der Waals surface area contributed by atoms with Gasteiger partial charge in [-0.3, -0.25) is 9.59 Å². The SMILES string of the molecule is CC(=O)N1C[C@H](C(=O)Nc2ccc(Cl)cc2C)[C@@H](c2nnc(C3CC(CC(C)(C)F)C3)n2C2CC2)C1. The second kappa shape index (κ2) is 9.43. The average Bonchev–Trinajstić information content (AvgIpc) is 3.34. The fraction of sp³-hybridized carbons (Fsp3) is 0.630. The van der Waals surface area contributed by atoms with Crippen molar-refractivity contribution in [2.45, 2.75) is 83.3 Å². The number of hydrogen-bond acceptors (Lipinski definition) is 4. The number of benzene rings is 1. The van der Waals surface area contributed by atoms with Crippen molar-refractivity contribution in [3.05, 3.63) is 40.4 Å². The van der Waals surface area contributed by atoms with E-state index in [9.17, 15) is 14.0 Å². The third-order valence-electron chi connectivity index (χ3n) is 7.92. The second-order valence-corrected chi connectivity index (χ2v) is 12.0. The molecule has 0 radical (unpaired) electrons. The predicted molar refractivity (Wildman–Crippen MR) is 137 cm³/mol. The van der Waals surface area contributed by atoms with E-state index in [1.807, 2.05) is 13.0 Å². The van der Waals surface area contributed by atoms with E-state index in [0.717, 1.165) is 42.9 Å². The van der Waals surface area contributed by atoms with Gasteiger partial charge in [0.2, 0.25) is 11.8 Å². The Balaban J connectivity index is 1.39. The Labute approximate surface area is 216 Å². The zero-order chi connectivity index (χ0) is 25.8. The number of halogens is 2. The number of nitrogens with zero attached hydrogens (tertiary/aromatic N) is 4. The first kappa shape index (κ1) is 25.2. The molecule has 2 atom stereocenters. The Hall–Kier alpha value is -2.48. The molecule has 5 rings (SSSR count). The summed E-state index contributed by atoms with van der Waals surface area (Å²) in [5.41, 5.74) is 0.437. The van der Waals surface area contributed by atoms with Gasteiger partial charge in [0, 0.05) is 42.7 Å². The van der Waals surface area contributed by atoms with Crippen LogP contribution in [0.15, 0.2) is 18.2 Å². The molecule has 2 aromatic rings. The molecule has 7 nitrogen and oxygen atoms in total. The number of aromatic nitrogens is 3. The van der Waals surface area contributed by atoms with E-state index < -0.39 is 11.6 Å². The van der Waals surface area contributed by atoms with Crippen LogP contribution < -0.4 is 5.32 Å². The highest BCUT2D eigenvalue weighted by molar-refractivity contribution is 6.30. The van der Waals surface area contributed by atoms with Gasteiger partial charge in [-0.05, 0) is 82.6 Å². The van der Waals surface area contributed by atoms with Gasteiger partial charge in [-0.25, -0.2) is 4.39 Å². The molecule has 0 bridgehead atoms. The van der Waals surface area contributed by atoms with E-state index >= 15 is 0 Å². The maximum absolute atomic E-state index is 14.1. The number of hydrogen-bond donors (Lipinski definition) is 1. The fourth-order valence-electron chi connectivity index (χ4n) is 5.93. The van der Waals surface area contributed by atoms with Crippen LogP contribution >= 0.6 is 11.6 Å². The van der Waals surface area contributed by atoms with Gasteiger partial charge in [0.05, 0.1) is 11.8 Å². The number of likely N-dealkylation sites (tertiary alicyclic amines) is 1. The van der Waals surface area contributed by atoms with E-state index in [2.05, 4.69) is 20.1 Å². The van der Waals surface area contributed by atoms with Crippen LogP contribution in [0.5, 0.6) is 0 Å². The molecule has 1 aliphatic heterocycles. The summed E-state index contributed by atoms with van der Waals surface area (Å²) in [6, 6.07) is 5.72. The molecule has 0 spiro atoms. The Bertz CT molecular complexity index is 1170. The first-order valence-electron chi connectivity index (χ1n) is 13.0. The summed E-state index contributed by atoms with van der Waals surface area (Å²) < 4.78 is 16.4. The van der Waals surface area contributed by atoms with Gasteiger partial charge in [0.25, 0.3) is 0 Å². The fourth-order valence-corrected chi connectivity index (χ4v) is 6.16. The van der Waals surface area contributed by atoms with Crippen molar-refractivity contribution < 1.29 is 14.0 Å². The Morgan fingerprint density at radius 3 is 2.47 bits per heavy atom. The number of aryl methyl sites for hydroxylation is 1. The number of amides is 2. The lowest BCUT2D eigenvalue weighted by atomic mass is 9.70. The number of alkyl halides is 1. The lowest BCUT2D eigenvalue weighted by Crippen LogP contribution is -2.31. The van der Waals surface area contributed by atoms with Crippen molar-refractivity contribution in [2.24, 2.45) is 11.8 Å². The third-order valence-corrected chi connectivity index (χ3v) is 8.15. The predicted octanol–water partition coefficient (Wildman–Crippen LogP) is 5.41. The summed E-state index contributed by atoms with van der Waals surface area (Å²) in [6.07, 6.45) is 4.53. The molecule has 2 heterocycles. The van der Waals surface area contributed by atoms with Gasteiger partial charge < -0.3 is 14.8 Å². The summed E-state index contributed by atoms with van der Waals surface area (Å²) in [4.78, 5) is 27.5. The first-order chi connectivity index (χ1) is 17.0. The monoisotopic (exact) mass is 515 g/mol. The molecule has 3 aliphatic rings. The Kier molecular flexibility index (Phi) is 6.60. The summed E-state index contributed by atoms with van der Waals surface area (Å²) >= 11 is 6.08. The quantitative estimate of drug-likeness (QED) is 0.535. The lowest BCUT2D eigenvalue weighted by molar-refractivity contribution is -0.128. The normalized spacial score (nSPS) is 26.1. The molecule has 1 N–H and O–H groups in total. The minimum atomic E-state index is -1.16. The molecule has 2 amide bonds. The first-order valence-corrected chi connectivity index (χ1v) is 13.3. The maximum atomic E-state index is 14.1. The molecular weight excluding hydrogens is 481 g/mol. The summed E-state index contributed by atoms with van der Waals surface area (Å²) in [7, 11) is 0. The van der Waals surface area contributed by atoms with Crippen molar-refractivity contribution in [3.8, 4) is 0 Å². The van der Waals surface area contributed by atoms with Crippen LogP contribution in [-0.4, -0.2) is 50.2 Å². The Morgan fingerprint density at radius 2 is 1.86 bits per heavy atom. The van der Waals surface area contributed by atoms with E-state index in [1.165, 1.54) is 0 Å². The van der Waals surface area contributed by atoms with E-state index in [1.54, 1.807) is 37.8 Å². The maximum Gasteiger partial charge on any atom is 0.230 e. The standard InChI is InChI=1S/C27H35ClFN5O2/c1-15-9-19(28)5-8-23(15)30-26(36)22-14-33(16(2)35)13-21(22)25-32-31-24(34(25)20-6-7-20)18-10-17(11-18)12-27(3,4)29/h5,8-9,17-18,20-22H,6-7,10-14H2,1-4H3,(H,30,36)/t17?,18?,21-,22-/m0/s1. The van der Waals surface area contributed by atoms with E-state index in [0.29, 0.717) is 42.2 Å². The molecule has 1 aromatic carbocycles. The average molecular weight is 516 g/mol. The highest BCUT2D eigenvalue weighted by atomic mass is 35.5. The van der Waals surface area contributed by atoms with Gasteiger partial charge in [0.1, 0.15) is 17.3 Å². The van der Waals surface area contributed by atoms with Crippen LogP contribution in [0.2, 0.25) is 5.02 Å². The molecule has 2 aliphatic carbocycles. The number of anilines is 1. The van der Waals surface area contributed by atoms with Crippen LogP contribution in [0.1, 0.15) is 88.0 Å². The lowest BCUT2D eigenvalue weighted by Gasteiger charge is -2.37. The smallest absolute Gasteiger partial charge is 0.230 e. The van der Waals surface area contributed by atoms with Crippen LogP contribution in [0.25, 0.3) is 0 Å². The molecule has 2 saturated carbocycles. The highest BCUT2D eigenvalue weighted by Gasteiger charge is 2.46. The Morgan fingerprint density at radius 1 is 1.17 bits per heavy atom. The van der Waals surface area contributed by atoms with Crippen LogP contribution in [0, 0.1) is 18.8 Å². The van der Waals surface area contributed by atoms with Crippen molar-refractivity contribution in [1.82, 2.24) is 19.7 Å². The van der Waals surface area contributed by atoms with E-state index in [4.69, 9.17) is 11.6 Å². The summed E-state index contributed by atoms with van der Waals surface area (Å²) in [5.74, 6) is 1.57. The van der Waals surface area contributed by atoms with Gasteiger partial charge in [-0.1, -0.05) is 11.6 Å². The molecule has 9 heteroatoms. The topological polar surface area (TPSA) is 80.1 Å². The second-order valence-electron chi connectivity index (χ2n) is 11.6. The minimum absolute atomic E-state index is 0.0497. The van der Waals surface area contributed by atoms with Gasteiger partial charge >= 0.3 is 0 Å². The van der Waals surface area contributed by atoms with Crippen molar-refractivity contribution in [2.75, 3.05) is 18.4 Å². The largest absolute Gasteiger partial charge is 0.341 e. The molecular formula is C27H35ClFN5O2. The summed E-state index contributed by atoms with van der Waals surface area (Å²) in [5, 5.41) is 12.9. The molecule has 1 saturated heterocycles. The number of rotatable bonds is 7. The molecule has 3 fully saturated rings. The number of carbonyl (C=O) groups is 2. The van der Waals surface area contributed by atoms with Crippen LogP contribution in [0.3, 0.4) is 0 Å². The number of carbonyl (C=O) groups excluding carboxylic acids is 2. The van der Waals surface area contributed by atoms with Crippen molar-refractivity contribution in [1.29, 1.82) is 0 Å². The molecule has 194 valence electrons. The van der Waals surface area contributed by atoms with Gasteiger partial charge in [-0.15, -0.1) is 10.2 Å². The molecule has 1 aromatic heterocycles. The zero-order valence-corrected chi connectivity index (χ0v) is 22.2. The zero-order valence-electron chi connectivity index (χ0n) is 21.4. The number of nitrogens with one attached hydrogen (secondary N) is 1. The highest BCUT2D eigenvalue weighted by Crippen LogP contribution is 2.49. The van der Waals surface area contributed by atoms with Gasteiger partial charge in [-0.2, -0.15) is 0 Å². The van der Waals surface area contributed by atoms with Crippen molar-refractivity contribution in [3.63, 3.8) is 0 Å². The van der Waals surface area contributed by atoms with Crippen molar-refractivity contribution >= 4 is 29.1 Å². The van der Waals surface area contributed by atoms with Crippen LogP contribution in [-0.2, 0) is 9.59 Å². The van der Waals surface area contributed by atoms with E-state index in [-0.39, 0.29) is 23.7 Å².